The second-order valence-electron chi connectivity index (χ2n) is 5.64. The maximum atomic E-state index is 12.7. The van der Waals surface area contributed by atoms with Crippen molar-refractivity contribution in [1.29, 1.82) is 0 Å². The molecule has 3 heterocycles. The number of fused-ring (bicyclic) bond motifs is 1. The number of amides is 1. The molecule has 0 saturated heterocycles. The second kappa shape index (κ2) is 6.52. The lowest BCUT2D eigenvalue weighted by molar-refractivity contribution is -0.124. The first-order valence-electron chi connectivity index (χ1n) is 7.89. The van der Waals surface area contributed by atoms with Crippen molar-refractivity contribution in [3.8, 4) is 11.5 Å². The number of carbonyl (C=O) groups excluding carboxylic acids is 1. The molecule has 25 heavy (non-hydrogen) atoms. The van der Waals surface area contributed by atoms with Crippen LogP contribution >= 0.6 is 11.3 Å². The minimum absolute atomic E-state index is 0.101. The molecule has 1 unspecified atom stereocenters. The van der Waals surface area contributed by atoms with Crippen molar-refractivity contribution in [1.82, 2.24) is 19.9 Å². The predicted octanol–water partition coefficient (Wildman–Crippen LogP) is 3.63. The number of thiazole rings is 1. The molecule has 1 N–H and O–H groups in total. The summed E-state index contributed by atoms with van der Waals surface area (Å²) in [4.78, 5) is 21.7. The number of nitrogens with one attached hydrogen (secondary N) is 1. The summed E-state index contributed by atoms with van der Waals surface area (Å²) in [6.45, 7) is 2.22. The molecule has 1 amide bonds. The lowest BCUT2D eigenvalue weighted by Crippen LogP contribution is -2.30. The maximum Gasteiger partial charge on any atom is 0.243 e. The fourth-order valence-corrected chi connectivity index (χ4v) is 3.32. The minimum Gasteiger partial charge on any atom is -0.467 e. The van der Waals surface area contributed by atoms with E-state index in [0.29, 0.717) is 12.4 Å². The Kier molecular flexibility index (Phi) is 4.07. The molecule has 6 nitrogen and oxygen atoms in total. The summed E-state index contributed by atoms with van der Waals surface area (Å²) in [6.07, 6.45) is 1.59. The summed E-state index contributed by atoms with van der Waals surface area (Å²) in [5.74, 6) is 1.31. The van der Waals surface area contributed by atoms with E-state index in [1.807, 2.05) is 47.2 Å². The number of benzene rings is 1. The summed E-state index contributed by atoms with van der Waals surface area (Å²) >= 11 is 1.50. The monoisotopic (exact) mass is 352 g/mol. The highest BCUT2D eigenvalue weighted by molar-refractivity contribution is 7.07. The summed E-state index contributed by atoms with van der Waals surface area (Å²) in [5, 5.41) is 4.85. The van der Waals surface area contributed by atoms with E-state index >= 15 is 0 Å². The van der Waals surface area contributed by atoms with Gasteiger partial charge < -0.3 is 14.3 Å². The minimum atomic E-state index is -0.431. The number of hydrogen-bond donors (Lipinski definition) is 1. The molecule has 0 fully saturated rings. The summed E-state index contributed by atoms with van der Waals surface area (Å²) in [7, 11) is 0. The summed E-state index contributed by atoms with van der Waals surface area (Å²) < 4.78 is 7.20. The largest absolute Gasteiger partial charge is 0.467 e. The molecule has 0 bridgehead atoms. The third kappa shape index (κ3) is 2.94. The van der Waals surface area contributed by atoms with Crippen molar-refractivity contribution in [3.63, 3.8) is 0 Å². The smallest absolute Gasteiger partial charge is 0.243 e. The molecule has 0 radical (unpaired) electrons. The Labute approximate surface area is 148 Å². The average Bonchev–Trinajstić information content (AvgIpc) is 3.38. The van der Waals surface area contributed by atoms with E-state index in [0.717, 1.165) is 22.5 Å². The van der Waals surface area contributed by atoms with Crippen molar-refractivity contribution in [2.75, 3.05) is 0 Å². The fraction of sp³-hybridized carbons (Fsp3) is 0.167. The maximum absolute atomic E-state index is 12.7. The van der Waals surface area contributed by atoms with Gasteiger partial charge in [0.15, 0.2) is 5.82 Å². The van der Waals surface area contributed by atoms with Gasteiger partial charge in [-0.05, 0) is 31.2 Å². The molecule has 0 aliphatic rings. The lowest BCUT2D eigenvalue weighted by Gasteiger charge is -2.16. The highest BCUT2D eigenvalue weighted by Crippen LogP contribution is 2.28. The van der Waals surface area contributed by atoms with Gasteiger partial charge in [0, 0.05) is 5.38 Å². The molecular weight excluding hydrogens is 336 g/mol. The van der Waals surface area contributed by atoms with Gasteiger partial charge in [-0.1, -0.05) is 12.1 Å². The van der Waals surface area contributed by atoms with Crippen LogP contribution in [0.25, 0.3) is 22.6 Å². The highest BCUT2D eigenvalue weighted by Gasteiger charge is 2.23. The van der Waals surface area contributed by atoms with Crippen LogP contribution in [0, 0.1) is 0 Å². The predicted molar refractivity (Wildman–Crippen MR) is 96.1 cm³/mol. The zero-order valence-corrected chi connectivity index (χ0v) is 14.4. The van der Waals surface area contributed by atoms with E-state index < -0.39 is 6.04 Å². The van der Waals surface area contributed by atoms with Crippen LogP contribution in [0.3, 0.4) is 0 Å². The van der Waals surface area contributed by atoms with Gasteiger partial charge in [-0.25, -0.2) is 9.97 Å². The van der Waals surface area contributed by atoms with Gasteiger partial charge in [0.1, 0.15) is 17.5 Å². The molecule has 1 atom stereocenters. The number of nitrogens with zero attached hydrogens (tertiary/aromatic N) is 3. The third-order valence-corrected chi connectivity index (χ3v) is 4.63. The molecule has 0 aliphatic carbocycles. The first-order chi connectivity index (χ1) is 12.2. The molecule has 126 valence electrons. The molecule has 7 heteroatoms. The molecule has 3 aromatic heterocycles. The number of furan rings is 1. The van der Waals surface area contributed by atoms with Crippen LogP contribution in [-0.2, 0) is 11.3 Å². The molecule has 0 spiro atoms. The Hall–Kier alpha value is -2.93. The summed E-state index contributed by atoms with van der Waals surface area (Å²) in [5.41, 5.74) is 4.29. The number of para-hydroxylation sites is 2. The average molecular weight is 352 g/mol. The van der Waals surface area contributed by atoms with Gasteiger partial charge in [0.05, 0.1) is 29.4 Å². The van der Waals surface area contributed by atoms with E-state index in [-0.39, 0.29) is 5.91 Å². The number of hydrogen-bond acceptors (Lipinski definition) is 5. The van der Waals surface area contributed by atoms with E-state index in [4.69, 9.17) is 4.42 Å². The molecule has 4 rings (SSSR count). The Morgan fingerprint density at radius 3 is 2.96 bits per heavy atom. The van der Waals surface area contributed by atoms with Gasteiger partial charge in [-0.3, -0.25) is 4.79 Å². The standard InChI is InChI=1S/C18H16N4O2S/c1-12(18(23)19-9-13-5-4-8-24-13)22-16-7-3-2-6-14(16)21-17(22)15-10-25-11-20-15/h2-8,10-12H,9H2,1H3,(H,19,23). The van der Waals surface area contributed by atoms with E-state index in [1.54, 1.807) is 17.8 Å². The van der Waals surface area contributed by atoms with Crippen LogP contribution in [0.1, 0.15) is 18.7 Å². The number of imidazole rings is 1. The molecular formula is C18H16N4O2S. The Morgan fingerprint density at radius 2 is 2.20 bits per heavy atom. The van der Waals surface area contributed by atoms with Gasteiger partial charge in [-0.15, -0.1) is 11.3 Å². The number of aromatic nitrogens is 3. The Morgan fingerprint density at radius 1 is 1.32 bits per heavy atom. The molecule has 0 aliphatic heterocycles. The van der Waals surface area contributed by atoms with Gasteiger partial charge >= 0.3 is 0 Å². The fourth-order valence-electron chi connectivity index (χ4n) is 2.79. The highest BCUT2D eigenvalue weighted by atomic mass is 32.1. The quantitative estimate of drug-likeness (QED) is 0.595. The first kappa shape index (κ1) is 15.6. The SMILES string of the molecule is CC(C(=O)NCc1ccco1)n1c(-c2cscn2)nc2ccccc21. The summed E-state index contributed by atoms with van der Waals surface area (Å²) in [6, 6.07) is 11.0. The van der Waals surface area contributed by atoms with Crippen LogP contribution in [0.15, 0.2) is 58.0 Å². The zero-order valence-electron chi connectivity index (χ0n) is 13.5. The van der Waals surface area contributed by atoms with Crippen LogP contribution < -0.4 is 5.32 Å². The van der Waals surface area contributed by atoms with Gasteiger partial charge in [0.25, 0.3) is 0 Å². The van der Waals surface area contributed by atoms with Crippen molar-refractivity contribution in [2.45, 2.75) is 19.5 Å². The van der Waals surface area contributed by atoms with Crippen LogP contribution in [0.2, 0.25) is 0 Å². The van der Waals surface area contributed by atoms with Crippen LogP contribution in [-0.4, -0.2) is 20.4 Å². The third-order valence-electron chi connectivity index (χ3n) is 4.04. The van der Waals surface area contributed by atoms with Crippen molar-refractivity contribution < 1.29 is 9.21 Å². The van der Waals surface area contributed by atoms with Crippen LogP contribution in [0.4, 0.5) is 0 Å². The van der Waals surface area contributed by atoms with Crippen LogP contribution in [0.5, 0.6) is 0 Å². The number of carbonyl (C=O) groups is 1. The van der Waals surface area contributed by atoms with E-state index in [2.05, 4.69) is 15.3 Å². The van der Waals surface area contributed by atoms with Gasteiger partial charge in [-0.2, -0.15) is 0 Å². The Balaban J connectivity index is 1.69. The van der Waals surface area contributed by atoms with E-state index in [1.165, 1.54) is 11.3 Å². The normalized spacial score (nSPS) is 12.4. The van der Waals surface area contributed by atoms with Crippen molar-refractivity contribution in [3.05, 3.63) is 59.3 Å². The first-order valence-corrected chi connectivity index (χ1v) is 8.84. The van der Waals surface area contributed by atoms with Crippen molar-refractivity contribution in [2.24, 2.45) is 0 Å². The molecule has 1 aromatic carbocycles. The van der Waals surface area contributed by atoms with Crippen molar-refractivity contribution >= 4 is 28.3 Å². The Bertz CT molecular complexity index is 990. The molecule has 4 aromatic rings. The lowest BCUT2D eigenvalue weighted by atomic mass is 10.2. The number of rotatable bonds is 5. The molecule has 0 saturated carbocycles. The second-order valence-corrected chi connectivity index (χ2v) is 6.36. The zero-order chi connectivity index (χ0) is 17.2. The van der Waals surface area contributed by atoms with Gasteiger partial charge in [0.2, 0.25) is 5.91 Å². The van der Waals surface area contributed by atoms with E-state index in [9.17, 15) is 4.79 Å². The topological polar surface area (TPSA) is 73.0 Å².